The first-order valence-electron chi connectivity index (χ1n) is 9.33. The minimum absolute atomic E-state index is 0.199. The Balaban J connectivity index is 1.93. The van der Waals surface area contributed by atoms with Crippen LogP contribution in [-0.4, -0.2) is 16.2 Å². The van der Waals surface area contributed by atoms with E-state index in [0.717, 1.165) is 32.8 Å². The number of nitrogens with zero attached hydrogens (tertiary/aromatic N) is 2. The molecule has 3 aromatic carbocycles. The molecule has 4 rings (SSSR count). The Morgan fingerprint density at radius 2 is 1.64 bits per heavy atom. The van der Waals surface area contributed by atoms with Gasteiger partial charge in [-0.15, -0.1) is 0 Å². The third-order valence-electron chi connectivity index (χ3n) is 4.59. The molecular weight excluding hydrogens is 412 g/mol. The maximum Gasteiger partial charge on any atom is 0.144 e. The van der Waals surface area contributed by atoms with E-state index in [0.29, 0.717) is 6.61 Å². The third kappa shape index (κ3) is 3.79. The summed E-state index contributed by atoms with van der Waals surface area (Å²) in [5, 5.41) is 0. The Bertz CT molecular complexity index is 1040. The van der Waals surface area contributed by atoms with E-state index in [2.05, 4.69) is 56.9 Å². The second-order valence-electron chi connectivity index (χ2n) is 6.43. The lowest BCUT2D eigenvalue weighted by Crippen LogP contribution is -2.12. The van der Waals surface area contributed by atoms with Crippen molar-refractivity contribution in [2.75, 3.05) is 6.61 Å². The molecule has 0 radical (unpaired) electrons. The number of hydrogen-bond donors (Lipinski definition) is 0. The van der Waals surface area contributed by atoms with Gasteiger partial charge in [0.15, 0.2) is 0 Å². The van der Waals surface area contributed by atoms with Crippen LogP contribution in [0, 0.1) is 0 Å². The van der Waals surface area contributed by atoms with E-state index >= 15 is 0 Å². The van der Waals surface area contributed by atoms with Crippen molar-refractivity contribution >= 4 is 15.9 Å². The number of halogens is 1. The van der Waals surface area contributed by atoms with Crippen molar-refractivity contribution in [2.45, 2.75) is 13.0 Å². The number of benzene rings is 3. The molecule has 0 aliphatic rings. The van der Waals surface area contributed by atoms with Crippen molar-refractivity contribution < 1.29 is 4.74 Å². The van der Waals surface area contributed by atoms with Crippen molar-refractivity contribution in [1.82, 2.24) is 9.55 Å². The van der Waals surface area contributed by atoms with Crippen LogP contribution in [0.25, 0.3) is 17.1 Å². The van der Waals surface area contributed by atoms with Gasteiger partial charge in [-0.1, -0.05) is 82.7 Å². The molecule has 0 bridgehead atoms. The minimum atomic E-state index is -0.199. The fraction of sp³-hybridized carbons (Fsp3) is 0.125. The molecule has 4 aromatic rings. The first kappa shape index (κ1) is 18.7. The van der Waals surface area contributed by atoms with E-state index in [1.165, 1.54) is 0 Å². The van der Waals surface area contributed by atoms with E-state index in [4.69, 9.17) is 9.72 Å². The van der Waals surface area contributed by atoms with Gasteiger partial charge in [0.1, 0.15) is 11.9 Å². The molecule has 1 atom stereocenters. The summed E-state index contributed by atoms with van der Waals surface area (Å²) in [5.74, 6) is 0.898. The summed E-state index contributed by atoms with van der Waals surface area (Å²) in [6.45, 7) is 2.64. The monoisotopic (exact) mass is 432 g/mol. The van der Waals surface area contributed by atoms with E-state index in [1.807, 2.05) is 61.7 Å². The van der Waals surface area contributed by atoms with Crippen LogP contribution in [0.1, 0.15) is 24.3 Å². The summed E-state index contributed by atoms with van der Waals surface area (Å²) in [5.41, 5.74) is 4.23. The molecule has 140 valence electrons. The van der Waals surface area contributed by atoms with Gasteiger partial charge in [-0.3, -0.25) is 4.57 Å². The molecule has 1 aromatic heterocycles. The average Bonchev–Trinajstić information content (AvgIpc) is 3.18. The minimum Gasteiger partial charge on any atom is -0.367 e. The van der Waals surface area contributed by atoms with Crippen LogP contribution >= 0.6 is 15.9 Å². The predicted octanol–water partition coefficient (Wildman–Crippen LogP) is 6.43. The number of imidazole rings is 1. The zero-order chi connectivity index (χ0) is 19.3. The molecule has 0 aliphatic carbocycles. The van der Waals surface area contributed by atoms with Crippen LogP contribution in [0.2, 0.25) is 0 Å². The average molecular weight is 433 g/mol. The molecule has 0 saturated carbocycles. The van der Waals surface area contributed by atoms with Crippen molar-refractivity contribution in [3.8, 4) is 17.1 Å². The van der Waals surface area contributed by atoms with Gasteiger partial charge >= 0.3 is 0 Å². The highest BCUT2D eigenvalue weighted by Gasteiger charge is 2.23. The second kappa shape index (κ2) is 8.55. The molecule has 0 amide bonds. The lowest BCUT2D eigenvalue weighted by Gasteiger charge is -2.21. The van der Waals surface area contributed by atoms with Gasteiger partial charge in [-0.05, 0) is 30.7 Å². The van der Waals surface area contributed by atoms with Crippen LogP contribution in [0.15, 0.2) is 95.6 Å². The van der Waals surface area contributed by atoms with Crippen molar-refractivity contribution in [1.29, 1.82) is 0 Å². The summed E-state index contributed by atoms with van der Waals surface area (Å²) < 4.78 is 9.40. The lowest BCUT2D eigenvalue weighted by molar-refractivity contribution is 0.0873. The highest BCUT2D eigenvalue weighted by atomic mass is 79.9. The van der Waals surface area contributed by atoms with E-state index in [1.54, 1.807) is 0 Å². The normalized spacial score (nSPS) is 12.1. The Labute approximate surface area is 173 Å². The Morgan fingerprint density at radius 1 is 0.929 bits per heavy atom. The molecule has 0 fully saturated rings. The van der Waals surface area contributed by atoms with Crippen LogP contribution in [0.4, 0.5) is 0 Å². The van der Waals surface area contributed by atoms with Crippen LogP contribution in [0.5, 0.6) is 0 Å². The molecule has 28 heavy (non-hydrogen) atoms. The molecule has 4 heteroatoms. The summed E-state index contributed by atoms with van der Waals surface area (Å²) in [4.78, 5) is 4.79. The van der Waals surface area contributed by atoms with Gasteiger partial charge in [0.2, 0.25) is 0 Å². The molecule has 1 unspecified atom stereocenters. The Hall–Kier alpha value is -2.69. The SMILES string of the molecule is CCOC(c1ccccc1)c1cnc(-c2ccccc2)n1-c1cccc(Br)c1. The third-order valence-corrected chi connectivity index (χ3v) is 5.09. The largest absolute Gasteiger partial charge is 0.367 e. The number of hydrogen-bond acceptors (Lipinski definition) is 2. The van der Waals surface area contributed by atoms with Gasteiger partial charge in [-0.25, -0.2) is 4.98 Å². The van der Waals surface area contributed by atoms with E-state index < -0.39 is 0 Å². The summed E-state index contributed by atoms with van der Waals surface area (Å²) in [7, 11) is 0. The fourth-order valence-corrected chi connectivity index (χ4v) is 3.76. The zero-order valence-electron chi connectivity index (χ0n) is 15.6. The van der Waals surface area contributed by atoms with Crippen LogP contribution in [0.3, 0.4) is 0 Å². The molecule has 0 aliphatic heterocycles. The van der Waals surface area contributed by atoms with Crippen molar-refractivity contribution in [2.24, 2.45) is 0 Å². The maximum absolute atomic E-state index is 6.18. The summed E-state index contributed by atoms with van der Waals surface area (Å²) >= 11 is 3.60. The quantitative estimate of drug-likeness (QED) is 0.351. The molecule has 0 N–H and O–H groups in total. The highest BCUT2D eigenvalue weighted by molar-refractivity contribution is 9.10. The first-order valence-corrected chi connectivity index (χ1v) is 10.1. The zero-order valence-corrected chi connectivity index (χ0v) is 17.2. The summed E-state index contributed by atoms with van der Waals surface area (Å²) in [6.07, 6.45) is 1.73. The van der Waals surface area contributed by atoms with Crippen molar-refractivity contribution in [3.63, 3.8) is 0 Å². The number of ether oxygens (including phenoxy) is 1. The highest BCUT2D eigenvalue weighted by Crippen LogP contribution is 2.33. The molecule has 0 saturated heterocycles. The standard InChI is InChI=1S/C24H21BrN2O/c1-2-28-23(18-10-5-3-6-11-18)22-17-26-24(19-12-7-4-8-13-19)27(22)21-15-9-14-20(25)16-21/h3-17,23H,2H2,1H3. The second-order valence-corrected chi connectivity index (χ2v) is 7.35. The predicted molar refractivity (Wildman–Crippen MR) is 117 cm³/mol. The topological polar surface area (TPSA) is 27.1 Å². The fourth-order valence-electron chi connectivity index (χ4n) is 3.37. The first-order chi connectivity index (χ1) is 13.8. The van der Waals surface area contributed by atoms with Gasteiger partial charge in [0.25, 0.3) is 0 Å². The smallest absolute Gasteiger partial charge is 0.144 e. The molecule has 3 nitrogen and oxygen atoms in total. The van der Waals surface area contributed by atoms with Gasteiger partial charge < -0.3 is 4.74 Å². The maximum atomic E-state index is 6.18. The molecular formula is C24H21BrN2O. The Kier molecular flexibility index (Phi) is 5.70. The van der Waals surface area contributed by atoms with Gasteiger partial charge in [0, 0.05) is 22.3 Å². The number of aromatic nitrogens is 2. The molecule has 0 spiro atoms. The van der Waals surface area contributed by atoms with Gasteiger partial charge in [-0.2, -0.15) is 0 Å². The van der Waals surface area contributed by atoms with E-state index in [9.17, 15) is 0 Å². The summed E-state index contributed by atoms with van der Waals surface area (Å²) in [6, 6.07) is 28.8. The van der Waals surface area contributed by atoms with Gasteiger partial charge in [0.05, 0.1) is 11.9 Å². The van der Waals surface area contributed by atoms with Crippen molar-refractivity contribution in [3.05, 3.63) is 107 Å². The lowest BCUT2D eigenvalue weighted by atomic mass is 10.1. The van der Waals surface area contributed by atoms with Crippen LogP contribution < -0.4 is 0 Å². The molecule has 1 heterocycles. The Morgan fingerprint density at radius 3 is 2.32 bits per heavy atom. The van der Waals surface area contributed by atoms with Crippen LogP contribution in [-0.2, 0) is 4.74 Å². The number of rotatable bonds is 6. The van der Waals surface area contributed by atoms with E-state index in [-0.39, 0.29) is 6.10 Å².